The molecule has 0 heterocycles. The van der Waals surface area contributed by atoms with Gasteiger partial charge in [-0.1, -0.05) is 23.4 Å². The van der Waals surface area contributed by atoms with Crippen LogP contribution in [-0.4, -0.2) is 17.1 Å². The van der Waals surface area contributed by atoms with Crippen LogP contribution in [0.2, 0.25) is 0 Å². The molecule has 88 valence electrons. The van der Waals surface area contributed by atoms with Crippen molar-refractivity contribution in [3.05, 3.63) is 35.6 Å². The molecule has 1 unspecified atom stereocenters. The molecule has 4 N–H and O–H groups in total. The highest BCUT2D eigenvalue weighted by atomic mass is 19.1. The molecule has 0 saturated carbocycles. The minimum atomic E-state index is -0.231. The minimum absolute atomic E-state index is 0.0236. The number of hydrogen-bond donors (Lipinski definition) is 3. The molecule has 0 aliphatic carbocycles. The molecule has 0 amide bonds. The van der Waals surface area contributed by atoms with Gasteiger partial charge in [0.15, 0.2) is 0 Å². The summed E-state index contributed by atoms with van der Waals surface area (Å²) < 4.78 is 13.2. The van der Waals surface area contributed by atoms with Crippen molar-refractivity contribution < 1.29 is 9.60 Å². The average Bonchev–Trinajstić information content (AvgIpc) is 2.28. The molecular formula is C11H16FN3O. The fourth-order valence-electron chi connectivity index (χ4n) is 1.35. The standard InChI is InChI=1S/C11H16FN3O/c1-8(6-11(13)15-16)14-7-9-4-2-3-5-10(9)12/h2-5,8,14,16H,6-7H2,1H3,(H2,13,15). The number of nitrogens with one attached hydrogen (secondary N) is 1. The lowest BCUT2D eigenvalue weighted by molar-refractivity contribution is 0.315. The van der Waals surface area contributed by atoms with Crippen LogP contribution >= 0.6 is 0 Å². The van der Waals surface area contributed by atoms with Gasteiger partial charge < -0.3 is 16.3 Å². The van der Waals surface area contributed by atoms with Gasteiger partial charge in [0.05, 0.1) is 0 Å². The minimum Gasteiger partial charge on any atom is -0.409 e. The first-order valence-electron chi connectivity index (χ1n) is 5.06. The van der Waals surface area contributed by atoms with Gasteiger partial charge in [0.2, 0.25) is 0 Å². The van der Waals surface area contributed by atoms with Crippen LogP contribution in [0.5, 0.6) is 0 Å². The van der Waals surface area contributed by atoms with Crippen molar-refractivity contribution in [2.45, 2.75) is 25.9 Å². The molecular weight excluding hydrogens is 209 g/mol. The highest BCUT2D eigenvalue weighted by Crippen LogP contribution is 2.06. The molecule has 1 rings (SSSR count). The number of nitrogens with zero attached hydrogens (tertiary/aromatic N) is 1. The van der Waals surface area contributed by atoms with Gasteiger partial charge in [-0.25, -0.2) is 4.39 Å². The number of hydrogen-bond acceptors (Lipinski definition) is 3. The highest BCUT2D eigenvalue weighted by Gasteiger charge is 2.06. The largest absolute Gasteiger partial charge is 0.409 e. The fourth-order valence-corrected chi connectivity index (χ4v) is 1.35. The molecule has 5 heteroatoms. The maximum Gasteiger partial charge on any atom is 0.140 e. The molecule has 0 spiro atoms. The first-order chi connectivity index (χ1) is 7.63. The van der Waals surface area contributed by atoms with E-state index < -0.39 is 0 Å². The third kappa shape index (κ3) is 3.86. The monoisotopic (exact) mass is 225 g/mol. The van der Waals surface area contributed by atoms with Crippen LogP contribution in [0.4, 0.5) is 4.39 Å². The van der Waals surface area contributed by atoms with Gasteiger partial charge in [-0.3, -0.25) is 0 Å². The van der Waals surface area contributed by atoms with Crippen LogP contribution < -0.4 is 11.1 Å². The lowest BCUT2D eigenvalue weighted by Gasteiger charge is -2.13. The van der Waals surface area contributed by atoms with E-state index in [1.54, 1.807) is 18.2 Å². The summed E-state index contributed by atoms with van der Waals surface area (Å²) in [5.74, 6) is -0.0699. The van der Waals surface area contributed by atoms with E-state index in [1.807, 2.05) is 6.92 Å². The van der Waals surface area contributed by atoms with Gasteiger partial charge in [0.1, 0.15) is 11.7 Å². The Hall–Kier alpha value is -1.62. The zero-order chi connectivity index (χ0) is 12.0. The first-order valence-corrected chi connectivity index (χ1v) is 5.06. The van der Waals surface area contributed by atoms with Gasteiger partial charge in [-0.15, -0.1) is 0 Å². The Bertz CT molecular complexity index is 368. The molecule has 4 nitrogen and oxygen atoms in total. The van der Waals surface area contributed by atoms with Gasteiger partial charge in [0, 0.05) is 24.6 Å². The second-order valence-electron chi connectivity index (χ2n) is 3.67. The van der Waals surface area contributed by atoms with E-state index >= 15 is 0 Å². The van der Waals surface area contributed by atoms with Crippen molar-refractivity contribution in [3.8, 4) is 0 Å². The molecule has 16 heavy (non-hydrogen) atoms. The number of oxime groups is 1. The Balaban J connectivity index is 2.43. The fraction of sp³-hybridized carbons (Fsp3) is 0.364. The summed E-state index contributed by atoms with van der Waals surface area (Å²) in [6, 6.07) is 6.60. The zero-order valence-electron chi connectivity index (χ0n) is 9.15. The summed E-state index contributed by atoms with van der Waals surface area (Å²) in [5.41, 5.74) is 5.96. The van der Waals surface area contributed by atoms with Crippen LogP contribution in [0.3, 0.4) is 0 Å². The Labute approximate surface area is 94.0 Å². The number of amidine groups is 1. The second kappa shape index (κ2) is 6.07. The Kier molecular flexibility index (Phi) is 4.72. The van der Waals surface area contributed by atoms with Crippen LogP contribution in [0.25, 0.3) is 0 Å². The molecule has 0 radical (unpaired) electrons. The number of halogens is 1. The van der Waals surface area contributed by atoms with Crippen molar-refractivity contribution >= 4 is 5.84 Å². The summed E-state index contributed by atoms with van der Waals surface area (Å²) in [6.45, 7) is 2.31. The lowest BCUT2D eigenvalue weighted by atomic mass is 10.1. The van der Waals surface area contributed by atoms with E-state index in [0.717, 1.165) is 0 Å². The van der Waals surface area contributed by atoms with Crippen molar-refractivity contribution in [1.29, 1.82) is 0 Å². The van der Waals surface area contributed by atoms with Gasteiger partial charge in [-0.2, -0.15) is 0 Å². The predicted octanol–water partition coefficient (Wildman–Crippen LogP) is 1.44. The normalized spacial score (nSPS) is 13.8. The van der Waals surface area contributed by atoms with Gasteiger partial charge in [-0.05, 0) is 13.0 Å². The maximum absolute atomic E-state index is 13.2. The Morgan fingerprint density at radius 1 is 1.56 bits per heavy atom. The molecule has 1 aromatic rings. The van der Waals surface area contributed by atoms with E-state index in [4.69, 9.17) is 10.9 Å². The van der Waals surface area contributed by atoms with Gasteiger partial charge >= 0.3 is 0 Å². The van der Waals surface area contributed by atoms with Crippen molar-refractivity contribution in [2.24, 2.45) is 10.9 Å². The quantitative estimate of drug-likeness (QED) is 0.307. The maximum atomic E-state index is 13.2. The Morgan fingerprint density at radius 3 is 2.88 bits per heavy atom. The third-order valence-electron chi connectivity index (χ3n) is 2.24. The topological polar surface area (TPSA) is 70.6 Å². The van der Waals surface area contributed by atoms with Crippen LogP contribution in [0.1, 0.15) is 18.9 Å². The van der Waals surface area contributed by atoms with E-state index in [2.05, 4.69) is 10.5 Å². The molecule has 0 fully saturated rings. The smallest absolute Gasteiger partial charge is 0.140 e. The SMILES string of the molecule is CC(CC(N)=NO)NCc1ccccc1F. The molecule has 0 aliphatic heterocycles. The van der Waals surface area contributed by atoms with E-state index in [0.29, 0.717) is 18.5 Å². The molecule has 1 atom stereocenters. The van der Waals surface area contributed by atoms with Crippen molar-refractivity contribution in [2.75, 3.05) is 0 Å². The highest BCUT2D eigenvalue weighted by molar-refractivity contribution is 5.80. The van der Waals surface area contributed by atoms with Gasteiger partial charge in [0.25, 0.3) is 0 Å². The van der Waals surface area contributed by atoms with Crippen molar-refractivity contribution in [1.82, 2.24) is 5.32 Å². The third-order valence-corrected chi connectivity index (χ3v) is 2.24. The van der Waals surface area contributed by atoms with E-state index in [9.17, 15) is 4.39 Å². The van der Waals surface area contributed by atoms with Crippen LogP contribution in [-0.2, 0) is 6.54 Å². The summed E-state index contributed by atoms with van der Waals surface area (Å²) in [4.78, 5) is 0. The summed E-state index contributed by atoms with van der Waals surface area (Å²) in [7, 11) is 0. The lowest BCUT2D eigenvalue weighted by Crippen LogP contribution is -2.30. The Morgan fingerprint density at radius 2 is 2.25 bits per heavy atom. The van der Waals surface area contributed by atoms with Crippen molar-refractivity contribution in [3.63, 3.8) is 0 Å². The second-order valence-corrected chi connectivity index (χ2v) is 3.67. The van der Waals surface area contributed by atoms with Crippen LogP contribution in [0.15, 0.2) is 29.4 Å². The molecule has 0 saturated heterocycles. The molecule has 0 aromatic heterocycles. The molecule has 1 aromatic carbocycles. The average molecular weight is 225 g/mol. The molecule has 0 bridgehead atoms. The van der Waals surface area contributed by atoms with E-state index in [1.165, 1.54) is 6.07 Å². The number of benzene rings is 1. The summed E-state index contributed by atoms with van der Waals surface area (Å²) in [6.07, 6.45) is 0.422. The van der Waals surface area contributed by atoms with E-state index in [-0.39, 0.29) is 17.7 Å². The first kappa shape index (κ1) is 12.4. The predicted molar refractivity (Wildman–Crippen MR) is 60.7 cm³/mol. The number of nitrogens with two attached hydrogens (primary N) is 1. The van der Waals surface area contributed by atoms with Crippen LogP contribution in [0, 0.1) is 5.82 Å². The number of rotatable bonds is 5. The summed E-state index contributed by atoms with van der Waals surface area (Å²) in [5, 5.41) is 14.4. The summed E-state index contributed by atoms with van der Waals surface area (Å²) >= 11 is 0. The zero-order valence-corrected chi connectivity index (χ0v) is 9.15. The molecule has 0 aliphatic rings.